The fourth-order valence-electron chi connectivity index (χ4n) is 4.14. The predicted octanol–water partition coefficient (Wildman–Crippen LogP) is 2.84. The zero-order chi connectivity index (χ0) is 15.7. The summed E-state index contributed by atoms with van der Waals surface area (Å²) in [4.78, 5) is 28.2. The lowest BCUT2D eigenvalue weighted by Gasteiger charge is -2.12. The highest BCUT2D eigenvalue weighted by atomic mass is 16.5. The van der Waals surface area contributed by atoms with Crippen LogP contribution in [0.3, 0.4) is 0 Å². The van der Waals surface area contributed by atoms with Crippen LogP contribution in [0.2, 0.25) is 0 Å². The van der Waals surface area contributed by atoms with Crippen molar-refractivity contribution in [3.8, 4) is 0 Å². The summed E-state index contributed by atoms with van der Waals surface area (Å²) in [5.74, 6) is -0.589. The molecule has 2 heterocycles. The van der Waals surface area contributed by atoms with Crippen LogP contribution in [-0.4, -0.2) is 23.9 Å². The minimum absolute atomic E-state index is 0.0469. The molecule has 23 heavy (non-hydrogen) atoms. The molecule has 5 rings (SSSR count). The summed E-state index contributed by atoms with van der Waals surface area (Å²) in [5, 5.41) is 4.26. The van der Waals surface area contributed by atoms with Gasteiger partial charge in [-0.1, -0.05) is 18.2 Å². The van der Waals surface area contributed by atoms with Gasteiger partial charge in [0.25, 0.3) is 11.8 Å². The Hall–Kier alpha value is -2.66. The highest BCUT2D eigenvalue weighted by molar-refractivity contribution is 6.31. The van der Waals surface area contributed by atoms with Crippen LogP contribution in [0.15, 0.2) is 24.3 Å². The molecule has 3 aromatic rings. The highest BCUT2D eigenvalue weighted by Gasteiger charge is 2.39. The molecule has 1 atom stereocenters. The van der Waals surface area contributed by atoms with Gasteiger partial charge < -0.3 is 9.72 Å². The van der Waals surface area contributed by atoms with E-state index in [1.54, 1.807) is 7.11 Å². The van der Waals surface area contributed by atoms with E-state index in [0.717, 1.165) is 45.8 Å². The van der Waals surface area contributed by atoms with Crippen LogP contribution in [0, 0.1) is 0 Å². The van der Waals surface area contributed by atoms with Crippen molar-refractivity contribution >= 4 is 33.6 Å². The number of aromatic amines is 1. The summed E-state index contributed by atoms with van der Waals surface area (Å²) in [5.41, 5.74) is 4.93. The van der Waals surface area contributed by atoms with E-state index in [1.807, 2.05) is 24.3 Å². The van der Waals surface area contributed by atoms with Crippen molar-refractivity contribution in [3.05, 3.63) is 46.5 Å². The van der Waals surface area contributed by atoms with Crippen LogP contribution in [0.25, 0.3) is 21.8 Å². The predicted molar refractivity (Wildman–Crippen MR) is 85.7 cm³/mol. The number of methoxy groups -OCH3 is 1. The van der Waals surface area contributed by atoms with Crippen LogP contribution in [0.5, 0.6) is 0 Å². The number of fused-ring (bicyclic) bond motifs is 8. The number of rotatable bonds is 1. The van der Waals surface area contributed by atoms with Crippen molar-refractivity contribution in [2.24, 2.45) is 0 Å². The van der Waals surface area contributed by atoms with Crippen LogP contribution >= 0.6 is 0 Å². The minimum Gasteiger partial charge on any atom is -0.377 e. The van der Waals surface area contributed by atoms with E-state index >= 15 is 0 Å². The Balaban J connectivity index is 2.06. The van der Waals surface area contributed by atoms with Gasteiger partial charge in [0.1, 0.15) is 0 Å². The van der Waals surface area contributed by atoms with Gasteiger partial charge in [-0.3, -0.25) is 14.9 Å². The lowest BCUT2D eigenvalue weighted by Crippen LogP contribution is -2.20. The maximum atomic E-state index is 12.4. The van der Waals surface area contributed by atoms with Crippen molar-refractivity contribution in [2.45, 2.75) is 18.9 Å². The van der Waals surface area contributed by atoms with E-state index in [0.29, 0.717) is 11.1 Å². The van der Waals surface area contributed by atoms with Gasteiger partial charge in [-0.2, -0.15) is 0 Å². The molecule has 0 saturated carbocycles. The van der Waals surface area contributed by atoms with E-state index in [9.17, 15) is 9.59 Å². The van der Waals surface area contributed by atoms with E-state index in [2.05, 4.69) is 10.3 Å². The second-order valence-electron chi connectivity index (χ2n) is 6.11. The SMILES string of the molecule is COC1CCc2c3c(c4c([nH]c5ccccc54)c21)C(=O)NC3=O. The van der Waals surface area contributed by atoms with Gasteiger partial charge in [-0.05, 0) is 24.5 Å². The number of aromatic nitrogens is 1. The number of ether oxygens (including phenoxy) is 1. The number of hydrogen-bond donors (Lipinski definition) is 2. The second kappa shape index (κ2) is 4.20. The second-order valence-corrected chi connectivity index (χ2v) is 6.11. The Labute approximate surface area is 131 Å². The molecule has 1 aliphatic heterocycles. The third kappa shape index (κ3) is 1.45. The number of benzene rings is 2. The summed E-state index contributed by atoms with van der Waals surface area (Å²) in [6.45, 7) is 0. The monoisotopic (exact) mass is 306 g/mol. The number of nitrogens with one attached hydrogen (secondary N) is 2. The van der Waals surface area contributed by atoms with Gasteiger partial charge in [-0.25, -0.2) is 0 Å². The number of hydrogen-bond acceptors (Lipinski definition) is 3. The number of para-hydroxylation sites is 1. The first-order valence-corrected chi connectivity index (χ1v) is 7.68. The Morgan fingerprint density at radius 2 is 1.91 bits per heavy atom. The quantitative estimate of drug-likeness (QED) is 0.679. The van der Waals surface area contributed by atoms with Gasteiger partial charge >= 0.3 is 0 Å². The largest absolute Gasteiger partial charge is 0.377 e. The van der Waals surface area contributed by atoms with Gasteiger partial charge in [-0.15, -0.1) is 0 Å². The molecule has 0 fully saturated rings. The number of carbonyl (C=O) groups is 2. The van der Waals surface area contributed by atoms with Crippen molar-refractivity contribution in [1.29, 1.82) is 0 Å². The Bertz CT molecular complexity index is 1030. The molecule has 0 bridgehead atoms. The molecule has 2 aromatic carbocycles. The van der Waals surface area contributed by atoms with Crippen molar-refractivity contribution < 1.29 is 14.3 Å². The molecule has 2 amide bonds. The lowest BCUT2D eigenvalue weighted by molar-refractivity contribution is 0.0880. The van der Waals surface area contributed by atoms with Gasteiger partial charge in [0.05, 0.1) is 22.7 Å². The van der Waals surface area contributed by atoms with Crippen molar-refractivity contribution in [1.82, 2.24) is 10.3 Å². The van der Waals surface area contributed by atoms with Crippen molar-refractivity contribution in [2.75, 3.05) is 7.11 Å². The molecule has 2 N–H and O–H groups in total. The third-order valence-corrected chi connectivity index (χ3v) is 5.05. The number of carbonyl (C=O) groups excluding carboxylic acids is 2. The highest BCUT2D eigenvalue weighted by Crippen LogP contribution is 2.45. The molecular formula is C18H14N2O3. The Morgan fingerprint density at radius 1 is 1.13 bits per heavy atom. The molecule has 1 aliphatic carbocycles. The minimum atomic E-state index is -0.302. The first kappa shape index (κ1) is 12.8. The summed E-state index contributed by atoms with van der Waals surface area (Å²) >= 11 is 0. The fourth-order valence-corrected chi connectivity index (χ4v) is 4.14. The summed E-state index contributed by atoms with van der Waals surface area (Å²) < 4.78 is 5.63. The molecule has 0 saturated heterocycles. The zero-order valence-electron chi connectivity index (χ0n) is 12.5. The van der Waals surface area contributed by atoms with Crippen LogP contribution in [-0.2, 0) is 11.2 Å². The van der Waals surface area contributed by atoms with E-state index in [1.165, 1.54) is 0 Å². The maximum Gasteiger partial charge on any atom is 0.259 e. The van der Waals surface area contributed by atoms with Crippen LogP contribution in [0.1, 0.15) is 44.4 Å². The van der Waals surface area contributed by atoms with Crippen molar-refractivity contribution in [3.63, 3.8) is 0 Å². The number of imide groups is 1. The average Bonchev–Trinajstić information content (AvgIpc) is 3.20. The zero-order valence-corrected chi connectivity index (χ0v) is 12.5. The van der Waals surface area contributed by atoms with E-state index < -0.39 is 0 Å². The Kier molecular flexibility index (Phi) is 2.35. The molecule has 2 aliphatic rings. The maximum absolute atomic E-state index is 12.4. The Morgan fingerprint density at radius 3 is 2.74 bits per heavy atom. The molecule has 0 spiro atoms. The summed E-state index contributed by atoms with van der Waals surface area (Å²) in [6.07, 6.45) is 1.53. The van der Waals surface area contributed by atoms with Gasteiger partial charge in [0.15, 0.2) is 0 Å². The van der Waals surface area contributed by atoms with Gasteiger partial charge in [0, 0.05) is 29.0 Å². The molecule has 5 heteroatoms. The molecule has 5 nitrogen and oxygen atoms in total. The number of amides is 2. The van der Waals surface area contributed by atoms with Gasteiger partial charge in [0.2, 0.25) is 0 Å². The van der Waals surface area contributed by atoms with Crippen LogP contribution in [0.4, 0.5) is 0 Å². The van der Waals surface area contributed by atoms with Crippen LogP contribution < -0.4 is 5.32 Å². The normalized spacial score (nSPS) is 19.4. The third-order valence-electron chi connectivity index (χ3n) is 5.05. The molecule has 0 radical (unpaired) electrons. The van der Waals surface area contributed by atoms with E-state index in [-0.39, 0.29) is 17.9 Å². The lowest BCUT2D eigenvalue weighted by atomic mass is 9.93. The first-order chi connectivity index (χ1) is 11.2. The average molecular weight is 306 g/mol. The summed E-state index contributed by atoms with van der Waals surface area (Å²) in [6, 6.07) is 7.86. The summed E-state index contributed by atoms with van der Waals surface area (Å²) in [7, 11) is 1.69. The fraction of sp³-hybridized carbons (Fsp3) is 0.222. The smallest absolute Gasteiger partial charge is 0.259 e. The topological polar surface area (TPSA) is 71.2 Å². The standard InChI is InChI=1S/C18H14N2O3/c1-23-11-7-6-9-12(11)16-13(8-4-2-3-5-10(8)19-16)15-14(9)17(21)20-18(15)22/h2-5,11,19H,6-7H2,1H3,(H,20,21,22). The van der Waals surface area contributed by atoms with E-state index in [4.69, 9.17) is 4.74 Å². The molecule has 1 aromatic heterocycles. The molecule has 1 unspecified atom stereocenters. The first-order valence-electron chi connectivity index (χ1n) is 7.68. The molecular weight excluding hydrogens is 292 g/mol. The molecule has 114 valence electrons. The number of H-pyrrole nitrogens is 1.